The van der Waals surface area contributed by atoms with Gasteiger partial charge in [0.2, 0.25) is 5.91 Å². The Morgan fingerprint density at radius 2 is 1.76 bits per heavy atom. The van der Waals surface area contributed by atoms with Crippen molar-refractivity contribution >= 4 is 50.0 Å². The fraction of sp³-hybridized carbons (Fsp3) is 0.111. The van der Waals surface area contributed by atoms with Crippen molar-refractivity contribution in [2.75, 3.05) is 10.6 Å². The monoisotopic (exact) mass is 353 g/mol. The Balaban J connectivity index is 1.83. The molecule has 0 aliphatic rings. The van der Waals surface area contributed by atoms with E-state index >= 15 is 0 Å². The lowest BCUT2D eigenvalue weighted by Crippen LogP contribution is -2.12. The number of ketones is 1. The number of rotatable bonds is 4. The van der Waals surface area contributed by atoms with Crippen molar-refractivity contribution in [2.24, 2.45) is 0 Å². The molecule has 1 aromatic heterocycles. The van der Waals surface area contributed by atoms with Crippen molar-refractivity contribution in [3.05, 3.63) is 53.6 Å². The molecular weight excluding hydrogens is 338 g/mol. The minimum atomic E-state index is -0.280. The van der Waals surface area contributed by atoms with Crippen molar-refractivity contribution in [1.29, 1.82) is 0 Å². The number of benzene rings is 2. The first-order chi connectivity index (χ1) is 11.9. The van der Waals surface area contributed by atoms with Crippen LogP contribution in [0.4, 0.5) is 10.8 Å². The molecular formula is C18H15N3O3S. The lowest BCUT2D eigenvalue weighted by atomic mass is 10.1. The molecule has 0 bridgehead atoms. The van der Waals surface area contributed by atoms with Gasteiger partial charge in [-0.2, -0.15) is 0 Å². The Labute approximate surface area is 147 Å². The summed E-state index contributed by atoms with van der Waals surface area (Å²) in [7, 11) is 0. The minimum Gasteiger partial charge on any atom is -0.322 e. The molecule has 2 amide bonds. The van der Waals surface area contributed by atoms with Crippen LogP contribution in [-0.4, -0.2) is 22.6 Å². The SMILES string of the molecule is CC(=O)Nc1nc2ccc(C(=O)Nc3cccc(C(C)=O)c3)cc2s1. The number of amides is 2. The average Bonchev–Trinajstić information content (AvgIpc) is 2.95. The Morgan fingerprint density at radius 1 is 0.960 bits per heavy atom. The van der Waals surface area contributed by atoms with Gasteiger partial charge in [-0.05, 0) is 37.3 Å². The molecule has 6 nitrogen and oxygen atoms in total. The summed E-state index contributed by atoms with van der Waals surface area (Å²) in [5, 5.41) is 5.91. The number of thiazole rings is 1. The molecule has 0 aliphatic heterocycles. The Hall–Kier alpha value is -3.06. The smallest absolute Gasteiger partial charge is 0.255 e. The highest BCUT2D eigenvalue weighted by atomic mass is 32.1. The molecule has 126 valence electrons. The van der Waals surface area contributed by atoms with E-state index < -0.39 is 0 Å². The second-order valence-electron chi connectivity index (χ2n) is 5.47. The number of carbonyl (C=O) groups is 3. The van der Waals surface area contributed by atoms with Gasteiger partial charge < -0.3 is 10.6 Å². The molecule has 0 saturated heterocycles. The van der Waals surface area contributed by atoms with Crippen LogP contribution in [0.15, 0.2) is 42.5 Å². The third-order valence-corrected chi connectivity index (χ3v) is 4.39. The molecule has 3 rings (SSSR count). The molecule has 1 heterocycles. The highest BCUT2D eigenvalue weighted by molar-refractivity contribution is 7.22. The van der Waals surface area contributed by atoms with Crippen LogP contribution in [0.5, 0.6) is 0 Å². The lowest BCUT2D eigenvalue weighted by molar-refractivity contribution is -0.114. The van der Waals surface area contributed by atoms with Crippen LogP contribution in [0, 0.1) is 0 Å². The zero-order valence-corrected chi connectivity index (χ0v) is 14.4. The maximum atomic E-state index is 12.4. The van der Waals surface area contributed by atoms with Gasteiger partial charge >= 0.3 is 0 Å². The molecule has 0 unspecified atom stereocenters. The van der Waals surface area contributed by atoms with Crippen LogP contribution < -0.4 is 10.6 Å². The van der Waals surface area contributed by atoms with Crippen molar-refractivity contribution in [1.82, 2.24) is 4.98 Å². The van der Waals surface area contributed by atoms with E-state index in [4.69, 9.17) is 0 Å². The molecule has 0 radical (unpaired) electrons. The first-order valence-corrected chi connectivity index (χ1v) is 8.34. The fourth-order valence-electron chi connectivity index (χ4n) is 2.29. The van der Waals surface area contributed by atoms with Crippen LogP contribution in [0.2, 0.25) is 0 Å². The summed E-state index contributed by atoms with van der Waals surface area (Å²) in [6.07, 6.45) is 0. The zero-order chi connectivity index (χ0) is 18.0. The number of hydrogen-bond acceptors (Lipinski definition) is 5. The van der Waals surface area contributed by atoms with E-state index in [1.165, 1.54) is 25.2 Å². The number of Topliss-reactive ketones (excluding diaryl/α,β-unsaturated/α-hetero) is 1. The van der Waals surface area contributed by atoms with Gasteiger partial charge in [-0.15, -0.1) is 0 Å². The Kier molecular flexibility index (Phi) is 4.58. The normalized spacial score (nSPS) is 10.5. The molecule has 0 fully saturated rings. The van der Waals surface area contributed by atoms with Gasteiger partial charge in [-0.1, -0.05) is 23.5 Å². The topological polar surface area (TPSA) is 88.2 Å². The Morgan fingerprint density at radius 3 is 2.48 bits per heavy atom. The average molecular weight is 353 g/mol. The minimum absolute atomic E-state index is 0.0623. The van der Waals surface area contributed by atoms with Crippen LogP contribution in [0.25, 0.3) is 10.2 Å². The predicted molar refractivity (Wildman–Crippen MR) is 98.3 cm³/mol. The summed E-state index contributed by atoms with van der Waals surface area (Å²) < 4.78 is 0.800. The summed E-state index contributed by atoms with van der Waals surface area (Å²) in [5.74, 6) is -0.535. The zero-order valence-electron chi connectivity index (χ0n) is 13.6. The van der Waals surface area contributed by atoms with E-state index in [9.17, 15) is 14.4 Å². The highest BCUT2D eigenvalue weighted by Crippen LogP contribution is 2.27. The number of aromatic nitrogens is 1. The predicted octanol–water partition coefficient (Wildman–Crippen LogP) is 3.71. The van der Waals surface area contributed by atoms with Gasteiger partial charge in [0.05, 0.1) is 10.2 Å². The van der Waals surface area contributed by atoms with Gasteiger partial charge in [0.15, 0.2) is 10.9 Å². The molecule has 2 aromatic carbocycles. The van der Waals surface area contributed by atoms with Crippen molar-refractivity contribution < 1.29 is 14.4 Å². The van der Waals surface area contributed by atoms with Crippen LogP contribution >= 0.6 is 11.3 Å². The number of hydrogen-bond donors (Lipinski definition) is 2. The second kappa shape index (κ2) is 6.82. The molecule has 7 heteroatoms. The molecule has 25 heavy (non-hydrogen) atoms. The van der Waals surface area contributed by atoms with Crippen LogP contribution in [0.3, 0.4) is 0 Å². The molecule has 2 N–H and O–H groups in total. The molecule has 0 saturated carbocycles. The van der Waals surface area contributed by atoms with Crippen molar-refractivity contribution in [2.45, 2.75) is 13.8 Å². The molecule has 0 atom stereocenters. The number of nitrogens with one attached hydrogen (secondary N) is 2. The summed E-state index contributed by atoms with van der Waals surface area (Å²) in [6.45, 7) is 2.89. The van der Waals surface area contributed by atoms with E-state index in [0.717, 1.165) is 4.70 Å². The van der Waals surface area contributed by atoms with E-state index in [0.29, 0.717) is 27.5 Å². The number of anilines is 2. The molecule has 0 spiro atoms. The van der Waals surface area contributed by atoms with E-state index in [2.05, 4.69) is 15.6 Å². The van der Waals surface area contributed by atoms with E-state index in [1.54, 1.807) is 42.5 Å². The second-order valence-corrected chi connectivity index (χ2v) is 6.50. The molecule has 0 aliphatic carbocycles. The summed E-state index contributed by atoms with van der Waals surface area (Å²) in [5.41, 5.74) is 2.28. The third kappa shape index (κ3) is 3.89. The summed E-state index contributed by atoms with van der Waals surface area (Å²) in [6, 6.07) is 11.9. The van der Waals surface area contributed by atoms with Crippen molar-refractivity contribution in [3.8, 4) is 0 Å². The van der Waals surface area contributed by atoms with Crippen LogP contribution in [0.1, 0.15) is 34.6 Å². The number of fused-ring (bicyclic) bond motifs is 1. The van der Waals surface area contributed by atoms with Gasteiger partial charge in [0, 0.05) is 23.7 Å². The lowest BCUT2D eigenvalue weighted by Gasteiger charge is -2.06. The highest BCUT2D eigenvalue weighted by Gasteiger charge is 2.11. The summed E-state index contributed by atoms with van der Waals surface area (Å²) >= 11 is 1.30. The van der Waals surface area contributed by atoms with Crippen molar-refractivity contribution in [3.63, 3.8) is 0 Å². The van der Waals surface area contributed by atoms with Gasteiger partial charge in [0.1, 0.15) is 0 Å². The maximum Gasteiger partial charge on any atom is 0.255 e. The Bertz CT molecular complexity index is 994. The van der Waals surface area contributed by atoms with E-state index in [-0.39, 0.29) is 17.6 Å². The fourth-order valence-corrected chi connectivity index (χ4v) is 3.24. The van der Waals surface area contributed by atoms with Gasteiger partial charge in [-0.3, -0.25) is 14.4 Å². The molecule has 3 aromatic rings. The summed E-state index contributed by atoms with van der Waals surface area (Å²) in [4.78, 5) is 39.3. The number of carbonyl (C=O) groups excluding carboxylic acids is 3. The number of nitrogens with zero attached hydrogens (tertiary/aromatic N) is 1. The van der Waals surface area contributed by atoms with Crippen LogP contribution in [-0.2, 0) is 4.79 Å². The largest absolute Gasteiger partial charge is 0.322 e. The quantitative estimate of drug-likeness (QED) is 0.700. The van der Waals surface area contributed by atoms with Gasteiger partial charge in [-0.25, -0.2) is 4.98 Å². The van der Waals surface area contributed by atoms with E-state index in [1.807, 2.05) is 0 Å². The first-order valence-electron chi connectivity index (χ1n) is 7.53. The van der Waals surface area contributed by atoms with Gasteiger partial charge in [0.25, 0.3) is 5.91 Å². The maximum absolute atomic E-state index is 12.4. The first kappa shape index (κ1) is 16.8. The third-order valence-electron chi connectivity index (χ3n) is 3.46. The standard InChI is InChI=1S/C18H15N3O3S/c1-10(22)12-4-3-5-14(8-12)20-17(24)13-6-7-15-16(9-13)25-18(21-15)19-11(2)23/h3-9H,1-2H3,(H,20,24)(H,19,21,23).